The SMILES string of the molecule is O=C(Nc1ccc(Cl)c(C(F)(F)F)c1)[C@H](Cc1ccccc1)NS(=O)(=O)c1cccc2nsnc12. The maximum Gasteiger partial charge on any atom is 0.417 e. The number of alkyl halides is 3. The van der Waals surface area contributed by atoms with Gasteiger partial charge in [-0.2, -0.15) is 26.6 Å². The third-order valence-electron chi connectivity index (χ3n) is 4.97. The van der Waals surface area contributed by atoms with E-state index in [1.54, 1.807) is 36.4 Å². The summed E-state index contributed by atoms with van der Waals surface area (Å²) in [5.74, 6) is -0.851. The predicted octanol–water partition coefficient (Wildman–Crippen LogP) is 4.89. The molecule has 7 nitrogen and oxygen atoms in total. The summed E-state index contributed by atoms with van der Waals surface area (Å²) in [5, 5.41) is 1.83. The minimum atomic E-state index is -4.73. The van der Waals surface area contributed by atoms with Crippen molar-refractivity contribution in [1.82, 2.24) is 13.5 Å². The summed E-state index contributed by atoms with van der Waals surface area (Å²) in [4.78, 5) is 12.9. The first kappa shape index (κ1) is 25.0. The van der Waals surface area contributed by atoms with Crippen molar-refractivity contribution in [1.29, 1.82) is 0 Å². The number of aromatic nitrogens is 2. The number of amides is 1. The molecular formula is C22H16ClF3N4O3S2. The average Bonchev–Trinajstić information content (AvgIpc) is 3.28. The Morgan fingerprint density at radius 3 is 2.49 bits per heavy atom. The van der Waals surface area contributed by atoms with Gasteiger partial charge in [0.1, 0.15) is 22.0 Å². The number of sulfonamides is 1. The number of anilines is 1. The molecule has 0 saturated carbocycles. The molecule has 0 radical (unpaired) electrons. The Labute approximate surface area is 207 Å². The fraction of sp³-hybridized carbons (Fsp3) is 0.136. The van der Waals surface area contributed by atoms with Crippen LogP contribution in [0.5, 0.6) is 0 Å². The van der Waals surface area contributed by atoms with Crippen LogP contribution in [0.25, 0.3) is 11.0 Å². The van der Waals surface area contributed by atoms with Crippen molar-refractivity contribution < 1.29 is 26.4 Å². The highest BCUT2D eigenvalue weighted by Gasteiger charge is 2.34. The van der Waals surface area contributed by atoms with Gasteiger partial charge < -0.3 is 5.32 Å². The van der Waals surface area contributed by atoms with Crippen LogP contribution >= 0.6 is 23.3 Å². The topological polar surface area (TPSA) is 101 Å². The van der Waals surface area contributed by atoms with E-state index in [0.717, 1.165) is 17.8 Å². The van der Waals surface area contributed by atoms with Crippen LogP contribution in [0.1, 0.15) is 11.1 Å². The smallest absolute Gasteiger partial charge is 0.325 e. The molecule has 3 aromatic carbocycles. The van der Waals surface area contributed by atoms with Crippen molar-refractivity contribution in [2.45, 2.75) is 23.5 Å². The summed E-state index contributed by atoms with van der Waals surface area (Å²) < 4.78 is 76.5. The van der Waals surface area contributed by atoms with Gasteiger partial charge in [0.2, 0.25) is 15.9 Å². The number of hydrogen-bond donors (Lipinski definition) is 2. The van der Waals surface area contributed by atoms with E-state index in [-0.39, 0.29) is 22.5 Å². The zero-order valence-corrected chi connectivity index (χ0v) is 20.0. The molecule has 0 aliphatic heterocycles. The van der Waals surface area contributed by atoms with Crippen LogP contribution in [0.15, 0.2) is 71.6 Å². The number of benzene rings is 3. The average molecular weight is 541 g/mol. The van der Waals surface area contributed by atoms with Crippen molar-refractivity contribution in [3.05, 3.63) is 82.9 Å². The summed E-state index contributed by atoms with van der Waals surface area (Å²) in [6.45, 7) is 0. The minimum Gasteiger partial charge on any atom is -0.325 e. The van der Waals surface area contributed by atoms with Gasteiger partial charge in [-0.25, -0.2) is 8.42 Å². The van der Waals surface area contributed by atoms with Gasteiger partial charge in [-0.1, -0.05) is 48.0 Å². The van der Waals surface area contributed by atoms with Gasteiger partial charge in [0.25, 0.3) is 0 Å². The molecule has 0 saturated heterocycles. The zero-order chi connectivity index (χ0) is 25.2. The fourth-order valence-electron chi connectivity index (χ4n) is 3.34. The molecule has 4 rings (SSSR count). The molecule has 0 aliphatic rings. The van der Waals surface area contributed by atoms with Crippen LogP contribution in [0.2, 0.25) is 5.02 Å². The van der Waals surface area contributed by atoms with Crippen molar-refractivity contribution in [3.8, 4) is 0 Å². The Morgan fingerprint density at radius 1 is 1.03 bits per heavy atom. The van der Waals surface area contributed by atoms with Crippen molar-refractivity contribution in [3.63, 3.8) is 0 Å². The van der Waals surface area contributed by atoms with E-state index in [2.05, 4.69) is 18.8 Å². The second-order valence-corrected chi connectivity index (χ2v) is 10.1. The second-order valence-electron chi connectivity index (χ2n) is 7.43. The van der Waals surface area contributed by atoms with E-state index >= 15 is 0 Å². The quantitative estimate of drug-likeness (QED) is 0.347. The lowest BCUT2D eigenvalue weighted by Crippen LogP contribution is -2.45. The van der Waals surface area contributed by atoms with Crippen LogP contribution in [0.3, 0.4) is 0 Å². The molecule has 0 fully saturated rings. The molecule has 0 aliphatic carbocycles. The van der Waals surface area contributed by atoms with Crippen molar-refractivity contribution in [2.24, 2.45) is 0 Å². The molecule has 13 heteroatoms. The van der Waals surface area contributed by atoms with Crippen molar-refractivity contribution >= 4 is 56.0 Å². The van der Waals surface area contributed by atoms with Gasteiger partial charge in [0, 0.05) is 5.69 Å². The van der Waals surface area contributed by atoms with E-state index in [0.29, 0.717) is 17.1 Å². The lowest BCUT2D eigenvalue weighted by Gasteiger charge is -2.19. The normalized spacial score (nSPS) is 13.0. The number of rotatable bonds is 7. The molecule has 1 aromatic heterocycles. The van der Waals surface area contributed by atoms with E-state index in [4.69, 9.17) is 11.6 Å². The molecule has 35 heavy (non-hydrogen) atoms. The van der Waals surface area contributed by atoms with Gasteiger partial charge >= 0.3 is 6.18 Å². The largest absolute Gasteiger partial charge is 0.417 e. The molecule has 0 spiro atoms. The van der Waals surface area contributed by atoms with Crippen molar-refractivity contribution in [2.75, 3.05) is 5.32 Å². The van der Waals surface area contributed by atoms with E-state index in [1.807, 2.05) is 0 Å². The van der Waals surface area contributed by atoms with Crippen LogP contribution < -0.4 is 10.0 Å². The van der Waals surface area contributed by atoms with Crippen LogP contribution in [-0.4, -0.2) is 29.1 Å². The Bertz CT molecular complexity index is 1480. The maximum absolute atomic E-state index is 13.2. The molecule has 0 bridgehead atoms. The standard InChI is InChI=1S/C22H16ClF3N4O3S2/c23-16-10-9-14(12-15(16)22(24,25)26)27-21(31)18(11-13-5-2-1-3-6-13)30-35(32,33)19-8-4-7-17-20(19)29-34-28-17/h1-10,12,18,30H,11H2,(H,27,31)/t18-/m0/s1. The second kappa shape index (κ2) is 9.90. The summed E-state index contributed by atoms with van der Waals surface area (Å²) in [5.41, 5.74) is -0.148. The van der Waals surface area contributed by atoms with Gasteiger partial charge in [-0.3, -0.25) is 4.79 Å². The zero-order valence-electron chi connectivity index (χ0n) is 17.6. The van der Waals surface area contributed by atoms with Gasteiger partial charge in [-0.15, -0.1) is 0 Å². The Morgan fingerprint density at radius 2 is 1.77 bits per heavy atom. The van der Waals surface area contributed by atoms with E-state index in [9.17, 15) is 26.4 Å². The summed E-state index contributed by atoms with van der Waals surface area (Å²) >= 11 is 6.49. The lowest BCUT2D eigenvalue weighted by atomic mass is 10.1. The number of carbonyl (C=O) groups excluding carboxylic acids is 1. The summed E-state index contributed by atoms with van der Waals surface area (Å²) in [6, 6.07) is 14.6. The predicted molar refractivity (Wildman–Crippen MR) is 127 cm³/mol. The molecule has 182 valence electrons. The number of nitrogens with one attached hydrogen (secondary N) is 2. The molecule has 1 heterocycles. The lowest BCUT2D eigenvalue weighted by molar-refractivity contribution is -0.137. The molecular weight excluding hydrogens is 525 g/mol. The highest BCUT2D eigenvalue weighted by molar-refractivity contribution is 7.89. The van der Waals surface area contributed by atoms with Crippen LogP contribution in [-0.2, 0) is 27.4 Å². The third-order valence-corrected chi connectivity index (χ3v) is 7.35. The van der Waals surface area contributed by atoms with Gasteiger partial charge in [0.05, 0.1) is 22.3 Å². The number of halogens is 4. The Kier molecular flexibility index (Phi) is 7.08. The molecule has 2 N–H and O–H groups in total. The number of nitrogens with zero attached hydrogens (tertiary/aromatic N) is 2. The first-order valence-electron chi connectivity index (χ1n) is 10.00. The monoisotopic (exact) mass is 540 g/mol. The van der Waals surface area contributed by atoms with Crippen LogP contribution in [0, 0.1) is 0 Å². The molecule has 0 unspecified atom stereocenters. The van der Waals surface area contributed by atoms with Crippen LogP contribution in [0.4, 0.5) is 18.9 Å². The molecule has 1 atom stereocenters. The molecule has 1 amide bonds. The fourth-order valence-corrected chi connectivity index (χ4v) is 5.52. The minimum absolute atomic E-state index is 0.0586. The highest BCUT2D eigenvalue weighted by atomic mass is 35.5. The first-order valence-corrected chi connectivity index (χ1v) is 12.6. The number of carbonyl (C=O) groups is 1. The summed E-state index contributed by atoms with van der Waals surface area (Å²) in [7, 11) is -4.26. The van der Waals surface area contributed by atoms with Gasteiger partial charge in [-0.05, 0) is 42.3 Å². The Hall–Kier alpha value is -3.06. The maximum atomic E-state index is 13.2. The first-order chi connectivity index (χ1) is 16.5. The number of hydrogen-bond acceptors (Lipinski definition) is 6. The number of fused-ring (bicyclic) bond motifs is 1. The third kappa shape index (κ3) is 5.78. The summed E-state index contributed by atoms with van der Waals surface area (Å²) in [6.07, 6.45) is -4.79. The van der Waals surface area contributed by atoms with Gasteiger partial charge in [0.15, 0.2) is 0 Å². The van der Waals surface area contributed by atoms with E-state index in [1.165, 1.54) is 18.2 Å². The molecule has 4 aromatic rings. The highest BCUT2D eigenvalue weighted by Crippen LogP contribution is 2.36. The van der Waals surface area contributed by atoms with E-state index < -0.39 is 38.7 Å². The Balaban J connectivity index is 1.65.